The van der Waals surface area contributed by atoms with Crippen LogP contribution in [0.3, 0.4) is 0 Å². The molecule has 0 radical (unpaired) electrons. The molecule has 1 aromatic heterocycles. The molecule has 30 heavy (non-hydrogen) atoms. The SMILES string of the molecule is c1ccc(Nc2ccc3c4ccc5ccccc5c4n(-c4ccccc4)c3c2)cc1. The molecule has 0 saturated heterocycles. The minimum Gasteiger partial charge on any atom is -0.355 e. The number of aromatic nitrogens is 1. The van der Waals surface area contributed by atoms with Gasteiger partial charge in [-0.05, 0) is 41.8 Å². The van der Waals surface area contributed by atoms with Gasteiger partial charge in [-0.1, -0.05) is 78.9 Å². The van der Waals surface area contributed by atoms with Gasteiger partial charge in [0.05, 0.1) is 11.0 Å². The Morgan fingerprint density at radius 3 is 2.03 bits per heavy atom. The number of hydrogen-bond donors (Lipinski definition) is 1. The maximum Gasteiger partial charge on any atom is 0.0619 e. The highest BCUT2D eigenvalue weighted by Crippen LogP contribution is 2.37. The van der Waals surface area contributed by atoms with Crippen molar-refractivity contribution in [2.24, 2.45) is 0 Å². The van der Waals surface area contributed by atoms with Crippen LogP contribution in [0, 0.1) is 0 Å². The molecular weight excluding hydrogens is 364 g/mol. The maximum absolute atomic E-state index is 3.54. The van der Waals surface area contributed by atoms with Crippen LogP contribution < -0.4 is 5.32 Å². The summed E-state index contributed by atoms with van der Waals surface area (Å²) < 4.78 is 2.39. The predicted molar refractivity (Wildman–Crippen MR) is 128 cm³/mol. The van der Waals surface area contributed by atoms with Gasteiger partial charge in [-0.2, -0.15) is 0 Å². The first-order chi connectivity index (χ1) is 14.9. The van der Waals surface area contributed by atoms with Gasteiger partial charge in [-0.3, -0.25) is 0 Å². The van der Waals surface area contributed by atoms with Crippen LogP contribution in [0.4, 0.5) is 11.4 Å². The molecule has 0 atom stereocenters. The summed E-state index contributed by atoms with van der Waals surface area (Å²) >= 11 is 0. The van der Waals surface area contributed by atoms with Gasteiger partial charge in [0.2, 0.25) is 0 Å². The van der Waals surface area contributed by atoms with Gasteiger partial charge in [-0.25, -0.2) is 0 Å². The average Bonchev–Trinajstić information content (AvgIpc) is 3.14. The highest BCUT2D eigenvalue weighted by molar-refractivity contribution is 6.19. The average molecular weight is 384 g/mol. The van der Waals surface area contributed by atoms with Gasteiger partial charge < -0.3 is 9.88 Å². The van der Waals surface area contributed by atoms with E-state index in [1.165, 1.54) is 38.3 Å². The molecule has 0 aliphatic heterocycles. The number of benzene rings is 5. The molecular formula is C28H20N2. The summed E-state index contributed by atoms with van der Waals surface area (Å²) in [6.45, 7) is 0. The molecule has 0 fully saturated rings. The molecule has 0 bridgehead atoms. The number of nitrogens with one attached hydrogen (secondary N) is 1. The molecule has 0 spiro atoms. The van der Waals surface area contributed by atoms with Crippen LogP contribution >= 0.6 is 0 Å². The monoisotopic (exact) mass is 384 g/mol. The molecule has 0 unspecified atom stereocenters. The predicted octanol–water partition coefficient (Wildman–Crippen LogP) is 7.68. The quantitative estimate of drug-likeness (QED) is 0.331. The third kappa shape index (κ3) is 2.66. The Balaban J connectivity index is 1.69. The zero-order valence-corrected chi connectivity index (χ0v) is 16.4. The Morgan fingerprint density at radius 2 is 1.20 bits per heavy atom. The first kappa shape index (κ1) is 16.9. The Bertz CT molecular complexity index is 1500. The molecule has 0 saturated carbocycles. The molecule has 6 aromatic rings. The summed E-state index contributed by atoms with van der Waals surface area (Å²) in [4.78, 5) is 0. The lowest BCUT2D eigenvalue weighted by Crippen LogP contribution is -1.95. The third-order valence-corrected chi connectivity index (χ3v) is 5.73. The van der Waals surface area contributed by atoms with E-state index in [1.54, 1.807) is 0 Å². The first-order valence-corrected chi connectivity index (χ1v) is 10.2. The fourth-order valence-electron chi connectivity index (χ4n) is 4.39. The zero-order valence-electron chi connectivity index (χ0n) is 16.4. The summed E-state index contributed by atoms with van der Waals surface area (Å²) in [6, 6.07) is 40.7. The number of nitrogens with zero attached hydrogens (tertiary/aromatic N) is 1. The van der Waals surface area contributed by atoms with Crippen LogP contribution in [0.25, 0.3) is 38.3 Å². The van der Waals surface area contributed by atoms with E-state index in [0.717, 1.165) is 11.4 Å². The highest BCUT2D eigenvalue weighted by atomic mass is 15.0. The van der Waals surface area contributed by atoms with Crippen molar-refractivity contribution < 1.29 is 0 Å². The molecule has 0 aliphatic rings. The lowest BCUT2D eigenvalue weighted by molar-refractivity contribution is 1.19. The summed E-state index contributed by atoms with van der Waals surface area (Å²) in [6.07, 6.45) is 0. The molecule has 2 nitrogen and oxygen atoms in total. The number of rotatable bonds is 3. The lowest BCUT2D eigenvalue weighted by atomic mass is 10.1. The molecule has 0 amide bonds. The molecule has 5 aromatic carbocycles. The van der Waals surface area contributed by atoms with E-state index >= 15 is 0 Å². The fraction of sp³-hybridized carbons (Fsp3) is 0. The van der Waals surface area contributed by atoms with Crippen LogP contribution in [-0.2, 0) is 0 Å². The normalized spacial score (nSPS) is 11.3. The number of anilines is 2. The Labute approximate surface area is 175 Å². The van der Waals surface area contributed by atoms with Gasteiger partial charge in [0.25, 0.3) is 0 Å². The molecule has 2 heteroatoms. The molecule has 6 rings (SSSR count). The van der Waals surface area contributed by atoms with Crippen LogP contribution in [0.5, 0.6) is 0 Å². The van der Waals surface area contributed by atoms with Crippen LogP contribution in [-0.4, -0.2) is 4.57 Å². The van der Waals surface area contributed by atoms with Crippen molar-refractivity contribution in [1.82, 2.24) is 4.57 Å². The van der Waals surface area contributed by atoms with E-state index in [4.69, 9.17) is 0 Å². The van der Waals surface area contributed by atoms with Crippen molar-refractivity contribution in [1.29, 1.82) is 0 Å². The Morgan fingerprint density at radius 1 is 0.500 bits per heavy atom. The molecule has 142 valence electrons. The third-order valence-electron chi connectivity index (χ3n) is 5.73. The molecule has 1 heterocycles. The number of fused-ring (bicyclic) bond motifs is 5. The highest BCUT2D eigenvalue weighted by Gasteiger charge is 2.15. The van der Waals surface area contributed by atoms with Crippen molar-refractivity contribution in [3.63, 3.8) is 0 Å². The zero-order chi connectivity index (χ0) is 19.9. The largest absolute Gasteiger partial charge is 0.355 e. The number of hydrogen-bond acceptors (Lipinski definition) is 1. The topological polar surface area (TPSA) is 17.0 Å². The van der Waals surface area contributed by atoms with Crippen molar-refractivity contribution >= 4 is 44.0 Å². The van der Waals surface area contributed by atoms with E-state index < -0.39 is 0 Å². The summed E-state index contributed by atoms with van der Waals surface area (Å²) in [5, 5.41) is 8.61. The lowest BCUT2D eigenvalue weighted by Gasteiger charge is -2.11. The van der Waals surface area contributed by atoms with Gasteiger partial charge in [-0.15, -0.1) is 0 Å². The second kappa shape index (κ2) is 6.78. The van der Waals surface area contributed by atoms with Crippen LogP contribution in [0.1, 0.15) is 0 Å². The van der Waals surface area contributed by atoms with Crippen molar-refractivity contribution in [2.75, 3.05) is 5.32 Å². The van der Waals surface area contributed by atoms with Crippen molar-refractivity contribution in [3.05, 3.63) is 115 Å². The van der Waals surface area contributed by atoms with Gasteiger partial charge >= 0.3 is 0 Å². The number of para-hydroxylation sites is 2. The van der Waals surface area contributed by atoms with Crippen molar-refractivity contribution in [2.45, 2.75) is 0 Å². The van der Waals surface area contributed by atoms with Gasteiger partial charge in [0, 0.05) is 33.2 Å². The minimum absolute atomic E-state index is 1.08. The summed E-state index contributed by atoms with van der Waals surface area (Å²) in [5.41, 5.74) is 5.80. The van der Waals surface area contributed by atoms with Gasteiger partial charge in [0.1, 0.15) is 0 Å². The maximum atomic E-state index is 3.54. The van der Waals surface area contributed by atoms with E-state index in [9.17, 15) is 0 Å². The minimum atomic E-state index is 1.08. The Kier molecular flexibility index (Phi) is 3.82. The van der Waals surface area contributed by atoms with E-state index in [0.29, 0.717) is 0 Å². The molecule has 1 N–H and O–H groups in total. The van der Waals surface area contributed by atoms with Gasteiger partial charge in [0.15, 0.2) is 0 Å². The van der Waals surface area contributed by atoms with Crippen molar-refractivity contribution in [3.8, 4) is 5.69 Å². The van der Waals surface area contributed by atoms with E-state index in [-0.39, 0.29) is 0 Å². The molecule has 0 aliphatic carbocycles. The van der Waals surface area contributed by atoms with Crippen LogP contribution in [0.2, 0.25) is 0 Å². The second-order valence-corrected chi connectivity index (χ2v) is 7.58. The van der Waals surface area contributed by atoms with E-state index in [1.807, 2.05) is 18.2 Å². The second-order valence-electron chi connectivity index (χ2n) is 7.58. The summed E-state index contributed by atoms with van der Waals surface area (Å²) in [7, 11) is 0. The fourth-order valence-corrected chi connectivity index (χ4v) is 4.39. The smallest absolute Gasteiger partial charge is 0.0619 e. The van der Waals surface area contributed by atoms with Crippen LogP contribution in [0.15, 0.2) is 115 Å². The Hall–Kier alpha value is -4.04. The first-order valence-electron chi connectivity index (χ1n) is 10.2. The summed E-state index contributed by atoms with van der Waals surface area (Å²) in [5.74, 6) is 0. The standard InChI is InChI=1S/C28H20N2/c1-3-10-21(11-4-1)29-22-16-18-25-26-17-15-20-9-7-8-14-24(20)28(26)30(27(25)19-22)23-12-5-2-6-13-23/h1-19,29H. The van der Waals surface area contributed by atoms with E-state index in [2.05, 4.69) is 107 Å².